The molecule has 2 unspecified atom stereocenters. The molecule has 19 heavy (non-hydrogen) atoms. The van der Waals surface area contributed by atoms with Gasteiger partial charge in [-0.15, -0.1) is 0 Å². The lowest BCUT2D eigenvalue weighted by molar-refractivity contribution is -0.128. The van der Waals surface area contributed by atoms with Crippen LogP contribution in [0.3, 0.4) is 0 Å². The van der Waals surface area contributed by atoms with E-state index in [1.807, 2.05) is 18.2 Å². The van der Waals surface area contributed by atoms with E-state index in [-0.39, 0.29) is 23.4 Å². The number of hydrogen-bond acceptors (Lipinski definition) is 3. The van der Waals surface area contributed by atoms with E-state index < -0.39 is 0 Å². The number of anilines is 1. The van der Waals surface area contributed by atoms with Crippen LogP contribution in [0.15, 0.2) is 35.3 Å². The second kappa shape index (κ2) is 3.47. The normalized spacial score (nSPS) is 34.4. The maximum absolute atomic E-state index is 12.5. The van der Waals surface area contributed by atoms with Crippen LogP contribution in [0.25, 0.3) is 0 Å². The third-order valence-electron chi connectivity index (χ3n) is 4.60. The first-order chi connectivity index (χ1) is 9.19. The van der Waals surface area contributed by atoms with Crippen molar-refractivity contribution in [1.29, 1.82) is 0 Å². The highest BCUT2D eigenvalue weighted by atomic mass is 16.2. The Morgan fingerprint density at radius 2 is 2.16 bits per heavy atom. The van der Waals surface area contributed by atoms with E-state index in [4.69, 9.17) is 5.73 Å². The fraction of sp³-hybridized carbons (Fsp3) is 0.333. The third kappa shape index (κ3) is 1.34. The molecule has 1 aromatic carbocycles. The molecule has 1 aliphatic carbocycles. The first-order valence-electron chi connectivity index (χ1n) is 6.57. The van der Waals surface area contributed by atoms with Gasteiger partial charge >= 0.3 is 0 Å². The van der Waals surface area contributed by atoms with Crippen molar-refractivity contribution >= 4 is 17.8 Å². The monoisotopic (exact) mass is 253 g/mol. The van der Waals surface area contributed by atoms with Gasteiger partial charge < -0.3 is 11.1 Å². The zero-order valence-corrected chi connectivity index (χ0v) is 10.5. The Morgan fingerprint density at radius 1 is 1.32 bits per heavy atom. The molecule has 0 bridgehead atoms. The Bertz CT molecular complexity index is 634. The molecular formula is C15H15N3O. The Labute approximate surface area is 111 Å². The number of benzene rings is 1. The lowest BCUT2D eigenvalue weighted by Crippen LogP contribution is -2.35. The van der Waals surface area contributed by atoms with Crippen molar-refractivity contribution in [2.45, 2.75) is 19.0 Å². The number of rotatable bonds is 0. The minimum atomic E-state index is -0.366. The van der Waals surface area contributed by atoms with E-state index in [9.17, 15) is 4.79 Å². The largest absolute Gasteiger partial charge is 0.399 e. The predicted molar refractivity (Wildman–Crippen MR) is 73.7 cm³/mol. The highest BCUT2D eigenvalue weighted by Gasteiger charge is 2.56. The number of nitrogens with one attached hydrogen (secondary N) is 1. The number of carbonyl (C=O) groups excluding carboxylic acids is 1. The summed E-state index contributed by atoms with van der Waals surface area (Å²) in [6, 6.07) is 5.97. The molecule has 1 spiro atoms. The summed E-state index contributed by atoms with van der Waals surface area (Å²) in [5, 5.41) is 3.02. The van der Waals surface area contributed by atoms with Gasteiger partial charge in [0.2, 0.25) is 5.91 Å². The summed E-state index contributed by atoms with van der Waals surface area (Å²) in [6.07, 6.45) is 7.28. The maximum Gasteiger partial charge on any atom is 0.229 e. The van der Waals surface area contributed by atoms with Crippen molar-refractivity contribution in [2.75, 3.05) is 5.73 Å². The van der Waals surface area contributed by atoms with Crippen LogP contribution >= 0.6 is 0 Å². The second-order valence-electron chi connectivity index (χ2n) is 5.66. The lowest BCUT2D eigenvalue weighted by atomic mass is 9.73. The Morgan fingerprint density at radius 3 is 3.05 bits per heavy atom. The van der Waals surface area contributed by atoms with Crippen molar-refractivity contribution in [3.63, 3.8) is 0 Å². The number of dihydropyridines is 1. The van der Waals surface area contributed by atoms with Crippen molar-refractivity contribution in [3.8, 4) is 0 Å². The van der Waals surface area contributed by atoms with Gasteiger partial charge in [-0.25, -0.2) is 0 Å². The molecule has 2 aliphatic heterocycles. The van der Waals surface area contributed by atoms with Crippen LogP contribution in [0.4, 0.5) is 5.69 Å². The molecule has 4 rings (SSSR count). The molecule has 4 nitrogen and oxygen atoms in total. The smallest absolute Gasteiger partial charge is 0.229 e. The molecule has 3 aliphatic rings. The molecule has 4 heteroatoms. The number of amides is 1. The topological polar surface area (TPSA) is 67.5 Å². The van der Waals surface area contributed by atoms with Crippen molar-refractivity contribution in [3.05, 3.63) is 41.5 Å². The standard InChI is InChI=1S/C15H15N3O/c16-11-4-3-9-7-15(8-10(9)6-11)12-2-1-5-17-13(12)18-14(15)19/h1-6,12-13H,7-8,16H2,(H,18,19)/t12?,13?,15-/m1/s1. The van der Waals surface area contributed by atoms with Crippen LogP contribution in [0.2, 0.25) is 0 Å². The van der Waals surface area contributed by atoms with Gasteiger partial charge in [0.05, 0.1) is 5.41 Å². The van der Waals surface area contributed by atoms with Crippen LogP contribution in [-0.2, 0) is 17.6 Å². The summed E-state index contributed by atoms with van der Waals surface area (Å²) in [5.41, 5.74) is 8.70. The highest BCUT2D eigenvalue weighted by molar-refractivity contribution is 5.89. The zero-order chi connectivity index (χ0) is 13.0. The summed E-state index contributed by atoms with van der Waals surface area (Å²) in [6.45, 7) is 0. The molecule has 3 N–H and O–H groups in total. The number of allylic oxidation sites excluding steroid dienone is 1. The summed E-state index contributed by atoms with van der Waals surface area (Å²) >= 11 is 0. The fourth-order valence-electron chi connectivity index (χ4n) is 3.67. The van der Waals surface area contributed by atoms with Crippen LogP contribution in [0, 0.1) is 11.3 Å². The quantitative estimate of drug-likeness (QED) is 0.679. The van der Waals surface area contributed by atoms with Crippen LogP contribution in [0.1, 0.15) is 11.1 Å². The van der Waals surface area contributed by atoms with Gasteiger partial charge in [-0.05, 0) is 42.2 Å². The zero-order valence-electron chi connectivity index (χ0n) is 10.5. The first-order valence-corrected chi connectivity index (χ1v) is 6.57. The van der Waals surface area contributed by atoms with E-state index >= 15 is 0 Å². The predicted octanol–water partition coefficient (Wildman–Crippen LogP) is 1.07. The Balaban J connectivity index is 1.79. The van der Waals surface area contributed by atoms with E-state index in [0.717, 1.165) is 18.5 Å². The molecule has 1 fully saturated rings. The average Bonchev–Trinajstić information content (AvgIpc) is 2.90. The molecule has 0 aromatic heterocycles. The second-order valence-corrected chi connectivity index (χ2v) is 5.66. The molecule has 3 atom stereocenters. The number of nitrogens with zero attached hydrogens (tertiary/aromatic N) is 1. The molecule has 0 saturated carbocycles. The number of nitrogen functional groups attached to an aromatic ring is 1. The number of carbonyl (C=O) groups is 1. The number of fused-ring (bicyclic) bond motifs is 3. The van der Waals surface area contributed by atoms with Gasteiger partial charge in [0.1, 0.15) is 6.17 Å². The van der Waals surface area contributed by atoms with E-state index in [1.165, 1.54) is 11.1 Å². The molecule has 2 heterocycles. The van der Waals surface area contributed by atoms with Crippen molar-refractivity contribution in [2.24, 2.45) is 16.3 Å². The highest BCUT2D eigenvalue weighted by Crippen LogP contribution is 2.49. The van der Waals surface area contributed by atoms with Gasteiger partial charge in [-0.1, -0.05) is 12.1 Å². The Kier molecular flexibility index (Phi) is 1.97. The summed E-state index contributed by atoms with van der Waals surface area (Å²) in [4.78, 5) is 16.8. The summed E-state index contributed by atoms with van der Waals surface area (Å²) < 4.78 is 0. The van der Waals surface area contributed by atoms with Gasteiger partial charge in [0, 0.05) is 17.8 Å². The summed E-state index contributed by atoms with van der Waals surface area (Å²) in [7, 11) is 0. The average molecular weight is 253 g/mol. The molecule has 1 amide bonds. The van der Waals surface area contributed by atoms with E-state index in [0.29, 0.717) is 0 Å². The van der Waals surface area contributed by atoms with Crippen LogP contribution in [-0.4, -0.2) is 18.3 Å². The maximum atomic E-state index is 12.5. The number of nitrogens with two attached hydrogens (primary N) is 1. The summed E-state index contributed by atoms with van der Waals surface area (Å²) in [5.74, 6) is 0.277. The molecule has 1 saturated heterocycles. The molecule has 0 radical (unpaired) electrons. The lowest BCUT2D eigenvalue weighted by Gasteiger charge is -2.27. The fourth-order valence-corrected chi connectivity index (χ4v) is 3.67. The minimum absolute atomic E-state index is 0.0934. The van der Waals surface area contributed by atoms with Crippen molar-refractivity contribution in [1.82, 2.24) is 5.32 Å². The van der Waals surface area contributed by atoms with Gasteiger partial charge in [0.15, 0.2) is 0 Å². The minimum Gasteiger partial charge on any atom is -0.399 e. The van der Waals surface area contributed by atoms with E-state index in [2.05, 4.69) is 22.5 Å². The SMILES string of the molecule is Nc1ccc2c(c1)C[C@@]1(C2)C(=O)NC2N=CC=CC21. The Hall–Kier alpha value is -2.10. The van der Waals surface area contributed by atoms with Crippen LogP contribution < -0.4 is 11.1 Å². The number of hydrogen-bond donors (Lipinski definition) is 2. The molecule has 96 valence electrons. The van der Waals surface area contributed by atoms with Gasteiger partial charge in [0.25, 0.3) is 0 Å². The first kappa shape index (κ1) is 10.8. The van der Waals surface area contributed by atoms with Gasteiger partial charge in [-0.2, -0.15) is 0 Å². The molecule has 1 aromatic rings. The van der Waals surface area contributed by atoms with Crippen LogP contribution in [0.5, 0.6) is 0 Å². The number of aliphatic imine (C=N–C) groups is 1. The molecular weight excluding hydrogens is 238 g/mol. The van der Waals surface area contributed by atoms with Crippen molar-refractivity contribution < 1.29 is 4.79 Å². The third-order valence-corrected chi connectivity index (χ3v) is 4.60. The van der Waals surface area contributed by atoms with E-state index in [1.54, 1.807) is 6.21 Å². The van der Waals surface area contributed by atoms with Gasteiger partial charge in [-0.3, -0.25) is 9.79 Å².